The molecule has 140 valence electrons. The lowest BCUT2D eigenvalue weighted by molar-refractivity contribution is 0.102. The van der Waals surface area contributed by atoms with E-state index in [1.165, 1.54) is 0 Å². The van der Waals surface area contributed by atoms with Gasteiger partial charge in [0.25, 0.3) is 5.91 Å². The van der Waals surface area contributed by atoms with Crippen molar-refractivity contribution in [1.82, 2.24) is 15.1 Å². The fourth-order valence-electron chi connectivity index (χ4n) is 2.41. The fourth-order valence-corrected chi connectivity index (χ4v) is 2.41. The molecule has 1 amide bonds. The Labute approximate surface area is 157 Å². The van der Waals surface area contributed by atoms with Crippen LogP contribution in [0.1, 0.15) is 22.7 Å². The second kappa shape index (κ2) is 8.91. The van der Waals surface area contributed by atoms with E-state index < -0.39 is 0 Å². The SMILES string of the molecule is COCCCNc1cc(C(=O)Nc2cc(C)on2)nc(-c2ccccc2)n1. The van der Waals surface area contributed by atoms with Crippen LogP contribution in [0.5, 0.6) is 0 Å². The van der Waals surface area contributed by atoms with Crippen molar-refractivity contribution < 1.29 is 14.1 Å². The number of carbonyl (C=O) groups is 1. The van der Waals surface area contributed by atoms with Crippen LogP contribution in [-0.4, -0.2) is 41.3 Å². The van der Waals surface area contributed by atoms with Crippen molar-refractivity contribution in [3.8, 4) is 11.4 Å². The molecule has 0 spiro atoms. The van der Waals surface area contributed by atoms with Crippen molar-refractivity contribution in [3.05, 3.63) is 53.9 Å². The summed E-state index contributed by atoms with van der Waals surface area (Å²) < 4.78 is 10.0. The molecule has 1 aromatic carbocycles. The van der Waals surface area contributed by atoms with E-state index in [0.717, 1.165) is 12.0 Å². The molecule has 3 aromatic rings. The number of amides is 1. The molecule has 2 heterocycles. The molecule has 0 aliphatic heterocycles. The van der Waals surface area contributed by atoms with Gasteiger partial charge in [0.1, 0.15) is 17.3 Å². The maximum Gasteiger partial charge on any atom is 0.275 e. The normalized spacial score (nSPS) is 10.6. The zero-order valence-electron chi connectivity index (χ0n) is 15.2. The summed E-state index contributed by atoms with van der Waals surface area (Å²) in [5.41, 5.74) is 1.06. The van der Waals surface area contributed by atoms with Gasteiger partial charge < -0.3 is 19.9 Å². The van der Waals surface area contributed by atoms with Gasteiger partial charge in [-0.05, 0) is 13.3 Å². The number of hydrogen-bond donors (Lipinski definition) is 2. The molecule has 0 saturated carbocycles. The molecule has 27 heavy (non-hydrogen) atoms. The zero-order chi connectivity index (χ0) is 19.1. The molecular formula is C19H21N5O3. The molecule has 2 N–H and O–H groups in total. The Morgan fingerprint density at radius 1 is 1.15 bits per heavy atom. The summed E-state index contributed by atoms with van der Waals surface area (Å²) in [4.78, 5) is 21.5. The van der Waals surface area contributed by atoms with E-state index in [-0.39, 0.29) is 11.6 Å². The largest absolute Gasteiger partial charge is 0.385 e. The van der Waals surface area contributed by atoms with Gasteiger partial charge >= 0.3 is 0 Å². The van der Waals surface area contributed by atoms with Crippen molar-refractivity contribution in [2.24, 2.45) is 0 Å². The standard InChI is InChI=1S/C19H21N5O3/c1-13-11-17(24-27-13)23-19(25)15-12-16(20-9-6-10-26-2)22-18(21-15)14-7-4-3-5-8-14/h3-5,7-8,11-12H,6,9-10H2,1-2H3,(H,20,21,22)(H,23,24,25). The molecule has 0 aliphatic carbocycles. The Bertz CT molecular complexity index is 895. The Morgan fingerprint density at radius 3 is 2.67 bits per heavy atom. The Balaban J connectivity index is 1.85. The predicted molar refractivity (Wildman–Crippen MR) is 102 cm³/mol. The molecule has 0 radical (unpaired) electrons. The molecule has 0 unspecified atom stereocenters. The minimum atomic E-state index is -0.386. The van der Waals surface area contributed by atoms with E-state index in [4.69, 9.17) is 9.26 Å². The lowest BCUT2D eigenvalue weighted by Crippen LogP contribution is -2.16. The Kier molecular flexibility index (Phi) is 6.11. The monoisotopic (exact) mass is 367 g/mol. The van der Waals surface area contributed by atoms with Crippen molar-refractivity contribution in [1.29, 1.82) is 0 Å². The number of hydrogen-bond acceptors (Lipinski definition) is 7. The topological polar surface area (TPSA) is 102 Å². The predicted octanol–water partition coefficient (Wildman–Crippen LogP) is 3.14. The van der Waals surface area contributed by atoms with E-state index in [0.29, 0.717) is 36.4 Å². The van der Waals surface area contributed by atoms with Crippen molar-refractivity contribution in [3.63, 3.8) is 0 Å². The van der Waals surface area contributed by atoms with E-state index in [1.54, 1.807) is 26.2 Å². The lowest BCUT2D eigenvalue weighted by Gasteiger charge is -2.10. The maximum atomic E-state index is 12.6. The van der Waals surface area contributed by atoms with E-state index >= 15 is 0 Å². The highest BCUT2D eigenvalue weighted by atomic mass is 16.5. The summed E-state index contributed by atoms with van der Waals surface area (Å²) in [6.07, 6.45) is 0.820. The first-order chi connectivity index (χ1) is 13.2. The van der Waals surface area contributed by atoms with Crippen LogP contribution in [0.4, 0.5) is 11.6 Å². The van der Waals surface area contributed by atoms with Crippen LogP contribution in [0, 0.1) is 6.92 Å². The molecular weight excluding hydrogens is 346 g/mol. The first-order valence-corrected chi connectivity index (χ1v) is 8.57. The number of nitrogens with zero attached hydrogens (tertiary/aromatic N) is 3. The quantitative estimate of drug-likeness (QED) is 0.590. The van der Waals surface area contributed by atoms with Gasteiger partial charge in [-0.2, -0.15) is 0 Å². The third-order valence-corrected chi connectivity index (χ3v) is 3.69. The first-order valence-electron chi connectivity index (χ1n) is 8.57. The van der Waals surface area contributed by atoms with E-state index in [1.807, 2.05) is 30.3 Å². The minimum absolute atomic E-state index is 0.235. The third kappa shape index (κ3) is 5.11. The highest BCUT2D eigenvalue weighted by Crippen LogP contribution is 2.19. The average Bonchev–Trinajstić information content (AvgIpc) is 3.10. The van der Waals surface area contributed by atoms with Gasteiger partial charge in [-0.3, -0.25) is 4.79 Å². The first kappa shape index (κ1) is 18.5. The van der Waals surface area contributed by atoms with Crippen LogP contribution in [0.2, 0.25) is 0 Å². The summed E-state index contributed by atoms with van der Waals surface area (Å²) in [5.74, 6) is 1.60. The van der Waals surface area contributed by atoms with Crippen molar-refractivity contribution in [2.45, 2.75) is 13.3 Å². The molecule has 0 bridgehead atoms. The van der Waals surface area contributed by atoms with E-state index in [9.17, 15) is 4.79 Å². The zero-order valence-corrected chi connectivity index (χ0v) is 15.2. The average molecular weight is 367 g/mol. The van der Waals surface area contributed by atoms with Crippen LogP contribution in [0.25, 0.3) is 11.4 Å². The minimum Gasteiger partial charge on any atom is -0.385 e. The highest BCUT2D eigenvalue weighted by molar-refractivity contribution is 6.03. The summed E-state index contributed by atoms with van der Waals surface area (Å²) in [6, 6.07) is 12.8. The molecule has 0 fully saturated rings. The van der Waals surface area contributed by atoms with Crippen LogP contribution >= 0.6 is 0 Å². The molecule has 8 heteroatoms. The lowest BCUT2D eigenvalue weighted by atomic mass is 10.2. The number of rotatable bonds is 8. The second-order valence-corrected chi connectivity index (χ2v) is 5.88. The number of nitrogens with one attached hydrogen (secondary N) is 2. The molecule has 2 aromatic heterocycles. The highest BCUT2D eigenvalue weighted by Gasteiger charge is 2.15. The molecule has 8 nitrogen and oxygen atoms in total. The second-order valence-electron chi connectivity index (χ2n) is 5.88. The number of benzene rings is 1. The van der Waals surface area contributed by atoms with Gasteiger partial charge in [0, 0.05) is 38.0 Å². The van der Waals surface area contributed by atoms with Crippen LogP contribution in [-0.2, 0) is 4.74 Å². The number of aryl methyl sites for hydroxylation is 1. The van der Waals surface area contributed by atoms with Crippen LogP contribution in [0.3, 0.4) is 0 Å². The Hall–Kier alpha value is -3.26. The summed E-state index contributed by atoms with van der Waals surface area (Å²) in [5, 5.41) is 9.66. The molecule has 0 atom stereocenters. The summed E-state index contributed by atoms with van der Waals surface area (Å²) in [7, 11) is 1.66. The van der Waals surface area contributed by atoms with Gasteiger partial charge in [-0.1, -0.05) is 35.5 Å². The maximum absolute atomic E-state index is 12.6. The van der Waals surface area contributed by atoms with Gasteiger partial charge in [0.05, 0.1) is 0 Å². The molecule has 3 rings (SSSR count). The van der Waals surface area contributed by atoms with Crippen molar-refractivity contribution in [2.75, 3.05) is 30.9 Å². The molecule has 0 aliphatic rings. The van der Waals surface area contributed by atoms with Gasteiger partial charge in [0.15, 0.2) is 11.6 Å². The number of carbonyl (C=O) groups excluding carboxylic acids is 1. The number of aromatic nitrogens is 3. The Morgan fingerprint density at radius 2 is 1.96 bits per heavy atom. The third-order valence-electron chi connectivity index (χ3n) is 3.69. The summed E-state index contributed by atoms with van der Waals surface area (Å²) >= 11 is 0. The number of ether oxygens (including phenoxy) is 1. The van der Waals surface area contributed by atoms with Gasteiger partial charge in [-0.25, -0.2) is 9.97 Å². The fraction of sp³-hybridized carbons (Fsp3) is 0.263. The molecule has 0 saturated heterocycles. The number of anilines is 2. The van der Waals surface area contributed by atoms with Crippen molar-refractivity contribution >= 4 is 17.5 Å². The van der Waals surface area contributed by atoms with Crippen LogP contribution < -0.4 is 10.6 Å². The van der Waals surface area contributed by atoms with Gasteiger partial charge in [-0.15, -0.1) is 0 Å². The summed E-state index contributed by atoms with van der Waals surface area (Å²) in [6.45, 7) is 3.06. The van der Waals surface area contributed by atoms with Crippen LogP contribution in [0.15, 0.2) is 47.0 Å². The van der Waals surface area contributed by atoms with Gasteiger partial charge in [0.2, 0.25) is 0 Å². The van der Waals surface area contributed by atoms with E-state index in [2.05, 4.69) is 25.8 Å². The number of methoxy groups -OCH3 is 1. The smallest absolute Gasteiger partial charge is 0.275 e.